The van der Waals surface area contributed by atoms with Gasteiger partial charge >= 0.3 is 6.18 Å². The lowest BCUT2D eigenvalue weighted by molar-refractivity contribution is -0.137. The molecule has 5 heteroatoms. The van der Waals surface area contributed by atoms with E-state index in [4.69, 9.17) is 0 Å². The van der Waals surface area contributed by atoms with Gasteiger partial charge in [0.25, 0.3) is 0 Å². The highest BCUT2D eigenvalue weighted by molar-refractivity contribution is 5.56. The predicted molar refractivity (Wildman–Crippen MR) is 81.6 cm³/mol. The molecule has 0 heterocycles. The van der Waals surface area contributed by atoms with Crippen molar-refractivity contribution in [3.63, 3.8) is 0 Å². The van der Waals surface area contributed by atoms with E-state index >= 15 is 0 Å². The first-order valence-corrected chi connectivity index (χ1v) is 7.33. The van der Waals surface area contributed by atoms with E-state index in [0.29, 0.717) is 12.1 Å². The van der Waals surface area contributed by atoms with E-state index in [-0.39, 0.29) is 17.8 Å². The number of hydrogen-bond donors (Lipinski definition) is 1. The second-order valence-corrected chi connectivity index (χ2v) is 5.75. The lowest BCUT2D eigenvalue weighted by Crippen LogP contribution is -2.30. The number of benzene rings is 1. The predicted octanol–water partition coefficient (Wildman–Crippen LogP) is 4.44. The van der Waals surface area contributed by atoms with Crippen LogP contribution in [0.5, 0.6) is 0 Å². The van der Waals surface area contributed by atoms with Crippen molar-refractivity contribution in [2.75, 3.05) is 11.9 Å². The molecule has 0 radical (unpaired) electrons. The lowest BCUT2D eigenvalue weighted by atomic mass is 10.1. The minimum absolute atomic E-state index is 0.0609. The number of nitrogens with one attached hydrogen (secondary N) is 1. The number of nitrogens with zero attached hydrogens (tertiary/aromatic N) is 1. The van der Waals surface area contributed by atoms with E-state index in [2.05, 4.69) is 5.32 Å². The standard InChI is InChI=1S/C16H25F3N2/c1-6-12(4)21(5)15-8-7-13(10-20-11(2)3)9-14(15)16(17,18)19/h7-9,11-12,20H,6,10H2,1-5H3. The fourth-order valence-corrected chi connectivity index (χ4v) is 2.06. The van der Waals surface area contributed by atoms with E-state index in [1.54, 1.807) is 24.1 Å². The second-order valence-electron chi connectivity index (χ2n) is 5.75. The summed E-state index contributed by atoms with van der Waals surface area (Å²) in [4.78, 5) is 1.70. The summed E-state index contributed by atoms with van der Waals surface area (Å²) in [5.41, 5.74) is 0.329. The Balaban J connectivity index is 3.14. The molecule has 1 N–H and O–H groups in total. The van der Waals surface area contributed by atoms with Gasteiger partial charge in [0.2, 0.25) is 0 Å². The summed E-state index contributed by atoms with van der Waals surface area (Å²) in [5, 5.41) is 3.14. The molecule has 1 rings (SSSR count). The average Bonchev–Trinajstić information content (AvgIpc) is 2.42. The van der Waals surface area contributed by atoms with Crippen molar-refractivity contribution in [3.05, 3.63) is 29.3 Å². The van der Waals surface area contributed by atoms with Gasteiger partial charge in [-0.1, -0.05) is 26.8 Å². The van der Waals surface area contributed by atoms with Gasteiger partial charge in [0, 0.05) is 31.4 Å². The number of halogens is 3. The SMILES string of the molecule is CCC(C)N(C)c1ccc(CNC(C)C)cc1C(F)(F)F. The van der Waals surface area contributed by atoms with Gasteiger partial charge in [-0.25, -0.2) is 0 Å². The molecule has 2 nitrogen and oxygen atoms in total. The van der Waals surface area contributed by atoms with E-state index < -0.39 is 11.7 Å². The summed E-state index contributed by atoms with van der Waals surface area (Å²) in [6.45, 7) is 8.27. The zero-order chi connectivity index (χ0) is 16.2. The Morgan fingerprint density at radius 2 is 1.81 bits per heavy atom. The number of hydrogen-bond acceptors (Lipinski definition) is 2. The van der Waals surface area contributed by atoms with Crippen LogP contribution in [0.3, 0.4) is 0 Å². The van der Waals surface area contributed by atoms with Gasteiger partial charge in [-0.3, -0.25) is 0 Å². The van der Waals surface area contributed by atoms with Crippen LogP contribution in [0.4, 0.5) is 18.9 Å². The monoisotopic (exact) mass is 302 g/mol. The molecule has 21 heavy (non-hydrogen) atoms. The minimum Gasteiger partial charge on any atom is -0.371 e. The van der Waals surface area contributed by atoms with Crippen molar-refractivity contribution in [2.45, 2.75) is 58.9 Å². The molecule has 120 valence electrons. The molecule has 0 aromatic heterocycles. The van der Waals surface area contributed by atoms with Crippen LogP contribution in [0.25, 0.3) is 0 Å². The molecular formula is C16H25F3N2. The van der Waals surface area contributed by atoms with Crippen LogP contribution in [0, 0.1) is 0 Å². The van der Waals surface area contributed by atoms with Crippen LogP contribution in [-0.4, -0.2) is 19.1 Å². The summed E-state index contributed by atoms with van der Waals surface area (Å²) in [6.07, 6.45) is -3.55. The first kappa shape index (κ1) is 17.8. The quantitative estimate of drug-likeness (QED) is 0.836. The summed E-state index contributed by atoms with van der Waals surface area (Å²) in [6, 6.07) is 4.89. The van der Waals surface area contributed by atoms with Crippen LogP contribution < -0.4 is 10.2 Å². The van der Waals surface area contributed by atoms with E-state index in [0.717, 1.165) is 6.42 Å². The van der Waals surface area contributed by atoms with Crippen molar-refractivity contribution in [2.24, 2.45) is 0 Å². The van der Waals surface area contributed by atoms with Crippen LogP contribution in [-0.2, 0) is 12.7 Å². The number of anilines is 1. The van der Waals surface area contributed by atoms with Gasteiger partial charge in [0.1, 0.15) is 0 Å². The maximum Gasteiger partial charge on any atom is 0.418 e. The topological polar surface area (TPSA) is 15.3 Å². The van der Waals surface area contributed by atoms with Crippen LogP contribution in [0.2, 0.25) is 0 Å². The molecule has 1 aromatic carbocycles. The Labute approximate surface area is 125 Å². The van der Waals surface area contributed by atoms with Gasteiger partial charge in [0.15, 0.2) is 0 Å². The van der Waals surface area contributed by atoms with Crippen molar-refractivity contribution in [1.82, 2.24) is 5.32 Å². The zero-order valence-electron chi connectivity index (χ0n) is 13.4. The normalized spacial score (nSPS) is 13.6. The smallest absolute Gasteiger partial charge is 0.371 e. The molecule has 1 unspecified atom stereocenters. The fourth-order valence-electron chi connectivity index (χ4n) is 2.06. The van der Waals surface area contributed by atoms with Gasteiger partial charge in [-0.05, 0) is 31.0 Å². The Hall–Kier alpha value is -1.23. The molecule has 0 saturated heterocycles. The molecule has 0 aliphatic rings. The largest absolute Gasteiger partial charge is 0.418 e. The molecule has 0 amide bonds. The van der Waals surface area contributed by atoms with Gasteiger partial charge < -0.3 is 10.2 Å². The van der Waals surface area contributed by atoms with Crippen LogP contribution in [0.1, 0.15) is 45.2 Å². The third kappa shape index (κ3) is 4.92. The molecule has 1 atom stereocenters. The van der Waals surface area contributed by atoms with Crippen molar-refractivity contribution < 1.29 is 13.2 Å². The van der Waals surface area contributed by atoms with E-state index in [1.807, 2.05) is 27.7 Å². The first-order chi connectivity index (χ1) is 9.66. The molecule has 0 aliphatic heterocycles. The zero-order valence-corrected chi connectivity index (χ0v) is 13.4. The lowest BCUT2D eigenvalue weighted by Gasteiger charge is -2.29. The van der Waals surface area contributed by atoms with Gasteiger partial charge in [-0.2, -0.15) is 13.2 Å². The minimum atomic E-state index is -4.34. The van der Waals surface area contributed by atoms with Crippen LogP contribution in [0.15, 0.2) is 18.2 Å². The highest BCUT2D eigenvalue weighted by atomic mass is 19.4. The first-order valence-electron chi connectivity index (χ1n) is 7.33. The average molecular weight is 302 g/mol. The summed E-state index contributed by atoms with van der Waals surface area (Å²) >= 11 is 0. The van der Waals surface area contributed by atoms with E-state index in [9.17, 15) is 13.2 Å². The molecule has 0 saturated carbocycles. The van der Waals surface area contributed by atoms with Gasteiger partial charge in [0.05, 0.1) is 5.56 Å². The highest BCUT2D eigenvalue weighted by Crippen LogP contribution is 2.37. The molecule has 0 aliphatic carbocycles. The van der Waals surface area contributed by atoms with Crippen LogP contribution >= 0.6 is 0 Å². The summed E-state index contributed by atoms with van der Waals surface area (Å²) in [7, 11) is 1.71. The number of rotatable bonds is 6. The Morgan fingerprint density at radius 1 is 1.19 bits per heavy atom. The maximum atomic E-state index is 13.3. The van der Waals surface area contributed by atoms with Crippen molar-refractivity contribution in [1.29, 1.82) is 0 Å². The Bertz CT molecular complexity index is 455. The highest BCUT2D eigenvalue weighted by Gasteiger charge is 2.35. The van der Waals surface area contributed by atoms with Gasteiger partial charge in [-0.15, -0.1) is 0 Å². The summed E-state index contributed by atoms with van der Waals surface area (Å²) in [5.74, 6) is 0. The van der Waals surface area contributed by atoms with E-state index in [1.165, 1.54) is 6.07 Å². The third-order valence-electron chi connectivity index (χ3n) is 3.71. The maximum absolute atomic E-state index is 13.3. The number of alkyl halides is 3. The molecular weight excluding hydrogens is 277 g/mol. The van der Waals surface area contributed by atoms with Crippen molar-refractivity contribution >= 4 is 5.69 Å². The Morgan fingerprint density at radius 3 is 2.29 bits per heavy atom. The Kier molecular flexibility index (Phi) is 6.08. The van der Waals surface area contributed by atoms with Crippen molar-refractivity contribution in [3.8, 4) is 0 Å². The molecule has 0 fully saturated rings. The molecule has 0 bridgehead atoms. The molecule has 1 aromatic rings. The summed E-state index contributed by atoms with van der Waals surface area (Å²) < 4.78 is 39.9. The fraction of sp³-hybridized carbons (Fsp3) is 0.625. The molecule has 0 spiro atoms. The second kappa shape index (κ2) is 7.16. The third-order valence-corrected chi connectivity index (χ3v) is 3.71.